The lowest BCUT2D eigenvalue weighted by molar-refractivity contribution is 0.602. The van der Waals surface area contributed by atoms with Crippen molar-refractivity contribution in [2.24, 2.45) is 0 Å². The van der Waals surface area contributed by atoms with Crippen molar-refractivity contribution in [3.05, 3.63) is 60.2 Å². The van der Waals surface area contributed by atoms with Gasteiger partial charge in [0.05, 0.1) is 22.3 Å². The normalized spacial score (nSPS) is 11.9. The van der Waals surface area contributed by atoms with Gasteiger partial charge >= 0.3 is 0 Å². The van der Waals surface area contributed by atoms with Crippen LogP contribution in [0.1, 0.15) is 5.56 Å². The summed E-state index contributed by atoms with van der Waals surface area (Å²) >= 11 is 0. The Balaban J connectivity index is 2.13. The average Bonchev–Trinajstić information content (AvgIpc) is 2.83. The Morgan fingerprint density at radius 1 is 1.14 bits per heavy atom. The molecule has 6 heteroatoms. The fraction of sp³-hybridized carbons (Fsp3) is 0.133. The minimum absolute atomic E-state index is 0.250. The SMILES string of the molecule is CS(=O)(=O)c1cccc2ncn(Cc3ccc(F)cc3)c12. The van der Waals surface area contributed by atoms with Crippen molar-refractivity contribution in [2.45, 2.75) is 11.4 Å². The number of hydrogen-bond acceptors (Lipinski definition) is 3. The molecule has 0 aliphatic carbocycles. The van der Waals surface area contributed by atoms with Crippen molar-refractivity contribution in [1.82, 2.24) is 9.55 Å². The van der Waals surface area contributed by atoms with Gasteiger partial charge < -0.3 is 4.57 Å². The second-order valence-electron chi connectivity index (χ2n) is 4.89. The van der Waals surface area contributed by atoms with Crippen LogP contribution in [0.25, 0.3) is 11.0 Å². The molecule has 3 aromatic rings. The van der Waals surface area contributed by atoms with Crippen molar-refractivity contribution < 1.29 is 12.8 Å². The van der Waals surface area contributed by atoms with E-state index < -0.39 is 9.84 Å². The summed E-state index contributed by atoms with van der Waals surface area (Å²) in [5, 5.41) is 0. The zero-order valence-corrected chi connectivity index (χ0v) is 12.1. The summed E-state index contributed by atoms with van der Waals surface area (Å²) in [7, 11) is -3.34. The van der Waals surface area contributed by atoms with Crippen molar-refractivity contribution in [3.63, 3.8) is 0 Å². The number of halogens is 1. The smallest absolute Gasteiger partial charge is 0.177 e. The molecule has 3 rings (SSSR count). The highest BCUT2D eigenvalue weighted by molar-refractivity contribution is 7.91. The van der Waals surface area contributed by atoms with E-state index in [4.69, 9.17) is 0 Å². The molecule has 0 N–H and O–H groups in total. The van der Waals surface area contributed by atoms with E-state index in [-0.39, 0.29) is 10.7 Å². The highest BCUT2D eigenvalue weighted by Crippen LogP contribution is 2.23. The molecule has 0 bridgehead atoms. The third kappa shape index (κ3) is 2.67. The molecule has 108 valence electrons. The Labute approximate surface area is 121 Å². The second kappa shape index (κ2) is 4.96. The van der Waals surface area contributed by atoms with Crippen LogP contribution in [-0.4, -0.2) is 24.2 Å². The van der Waals surface area contributed by atoms with Gasteiger partial charge in [-0.05, 0) is 29.8 Å². The molecule has 21 heavy (non-hydrogen) atoms. The van der Waals surface area contributed by atoms with Crippen molar-refractivity contribution in [2.75, 3.05) is 6.26 Å². The summed E-state index contributed by atoms with van der Waals surface area (Å²) in [4.78, 5) is 4.48. The highest BCUT2D eigenvalue weighted by atomic mass is 32.2. The van der Waals surface area contributed by atoms with Crippen LogP contribution in [0, 0.1) is 5.82 Å². The third-order valence-electron chi connectivity index (χ3n) is 3.27. The van der Waals surface area contributed by atoms with Gasteiger partial charge in [0.15, 0.2) is 9.84 Å². The largest absolute Gasteiger partial charge is 0.325 e. The minimum atomic E-state index is -3.34. The molecule has 0 fully saturated rings. The zero-order chi connectivity index (χ0) is 15.0. The highest BCUT2D eigenvalue weighted by Gasteiger charge is 2.15. The summed E-state index contributed by atoms with van der Waals surface area (Å²) in [6.45, 7) is 0.434. The first kappa shape index (κ1) is 13.8. The molecule has 0 atom stereocenters. The number of para-hydroxylation sites is 1. The van der Waals surface area contributed by atoms with Crippen LogP contribution in [0.4, 0.5) is 4.39 Å². The summed E-state index contributed by atoms with van der Waals surface area (Å²) in [6.07, 6.45) is 2.78. The van der Waals surface area contributed by atoms with E-state index in [2.05, 4.69) is 4.98 Å². The van der Waals surface area contributed by atoms with Crippen molar-refractivity contribution in [3.8, 4) is 0 Å². The predicted octanol–water partition coefficient (Wildman–Crippen LogP) is 2.63. The molecule has 0 radical (unpaired) electrons. The number of nitrogens with zero attached hydrogens (tertiary/aromatic N) is 2. The number of imidazole rings is 1. The molecule has 0 aliphatic heterocycles. The molecule has 0 amide bonds. The van der Waals surface area contributed by atoms with Crippen LogP contribution in [0.3, 0.4) is 0 Å². The maximum absolute atomic E-state index is 12.9. The molecular weight excluding hydrogens is 291 g/mol. The van der Waals surface area contributed by atoms with Crippen LogP contribution < -0.4 is 0 Å². The Morgan fingerprint density at radius 2 is 1.86 bits per heavy atom. The quantitative estimate of drug-likeness (QED) is 0.747. The van der Waals surface area contributed by atoms with E-state index in [9.17, 15) is 12.8 Å². The van der Waals surface area contributed by atoms with E-state index in [1.165, 1.54) is 18.4 Å². The first-order chi connectivity index (χ1) is 9.95. The van der Waals surface area contributed by atoms with Crippen LogP contribution >= 0.6 is 0 Å². The molecule has 0 saturated heterocycles. The zero-order valence-electron chi connectivity index (χ0n) is 11.3. The molecule has 0 saturated carbocycles. The third-order valence-corrected chi connectivity index (χ3v) is 4.40. The van der Waals surface area contributed by atoms with Gasteiger partial charge in [-0.3, -0.25) is 0 Å². The first-order valence-corrected chi connectivity index (χ1v) is 8.22. The summed E-state index contributed by atoms with van der Waals surface area (Å²) in [5.74, 6) is -0.300. The summed E-state index contributed by atoms with van der Waals surface area (Å²) < 4.78 is 38.5. The topological polar surface area (TPSA) is 52.0 Å². The summed E-state index contributed by atoms with van der Waals surface area (Å²) in [6, 6.07) is 11.1. The standard InChI is InChI=1S/C15H13FN2O2S/c1-21(19,20)14-4-2-3-13-15(14)18(10-17-13)9-11-5-7-12(16)8-6-11/h2-8,10H,9H2,1H3. The Hall–Kier alpha value is -2.21. The lowest BCUT2D eigenvalue weighted by atomic mass is 10.2. The van der Waals surface area contributed by atoms with Gasteiger partial charge in [0.1, 0.15) is 5.82 Å². The maximum atomic E-state index is 12.9. The van der Waals surface area contributed by atoms with Crippen LogP contribution in [0.2, 0.25) is 0 Å². The van der Waals surface area contributed by atoms with Crippen molar-refractivity contribution in [1.29, 1.82) is 0 Å². The van der Waals surface area contributed by atoms with Crippen LogP contribution in [-0.2, 0) is 16.4 Å². The molecule has 2 aromatic carbocycles. The minimum Gasteiger partial charge on any atom is -0.325 e. The molecule has 0 unspecified atom stereocenters. The van der Waals surface area contributed by atoms with Gasteiger partial charge in [0.2, 0.25) is 0 Å². The fourth-order valence-electron chi connectivity index (χ4n) is 2.30. The van der Waals surface area contributed by atoms with Gasteiger partial charge in [0.25, 0.3) is 0 Å². The lowest BCUT2D eigenvalue weighted by Gasteiger charge is -2.08. The van der Waals surface area contributed by atoms with Crippen molar-refractivity contribution >= 4 is 20.9 Å². The first-order valence-electron chi connectivity index (χ1n) is 6.33. The Bertz CT molecular complexity index is 899. The van der Waals surface area contributed by atoms with Gasteiger partial charge in [-0.15, -0.1) is 0 Å². The summed E-state index contributed by atoms with van der Waals surface area (Å²) in [5.41, 5.74) is 2.07. The van der Waals surface area contributed by atoms with E-state index >= 15 is 0 Å². The molecule has 0 spiro atoms. The number of sulfone groups is 1. The number of rotatable bonds is 3. The molecular formula is C15H13FN2O2S. The second-order valence-corrected chi connectivity index (χ2v) is 6.88. The number of benzene rings is 2. The number of fused-ring (bicyclic) bond motifs is 1. The molecule has 4 nitrogen and oxygen atoms in total. The van der Waals surface area contributed by atoms with E-state index in [0.29, 0.717) is 17.6 Å². The molecule has 0 aliphatic rings. The van der Waals surface area contributed by atoms with Gasteiger partial charge in [-0.2, -0.15) is 0 Å². The predicted molar refractivity (Wildman–Crippen MR) is 78.3 cm³/mol. The van der Waals surface area contributed by atoms with E-state index in [0.717, 1.165) is 5.56 Å². The van der Waals surface area contributed by atoms with E-state index in [1.54, 1.807) is 41.2 Å². The van der Waals surface area contributed by atoms with Gasteiger partial charge in [-0.1, -0.05) is 18.2 Å². The number of hydrogen-bond donors (Lipinski definition) is 0. The maximum Gasteiger partial charge on any atom is 0.177 e. The lowest BCUT2D eigenvalue weighted by Crippen LogP contribution is -2.04. The monoisotopic (exact) mass is 304 g/mol. The Kier molecular flexibility index (Phi) is 3.25. The van der Waals surface area contributed by atoms with E-state index in [1.807, 2.05) is 0 Å². The van der Waals surface area contributed by atoms with Gasteiger partial charge in [0, 0.05) is 12.8 Å². The fourth-order valence-corrected chi connectivity index (χ4v) is 3.20. The average molecular weight is 304 g/mol. The van der Waals surface area contributed by atoms with Gasteiger partial charge in [-0.25, -0.2) is 17.8 Å². The van der Waals surface area contributed by atoms with Crippen LogP contribution in [0.15, 0.2) is 53.7 Å². The number of aromatic nitrogens is 2. The Morgan fingerprint density at radius 3 is 2.52 bits per heavy atom. The van der Waals surface area contributed by atoms with Crippen LogP contribution in [0.5, 0.6) is 0 Å². The molecule has 1 heterocycles. The molecule has 1 aromatic heterocycles.